The van der Waals surface area contributed by atoms with E-state index in [0.717, 1.165) is 37.9 Å². The third kappa shape index (κ3) is 3.66. The molecule has 1 unspecified atom stereocenters. The number of nitrogens with zero attached hydrogens (tertiary/aromatic N) is 3. The van der Waals surface area contributed by atoms with Crippen molar-refractivity contribution in [1.29, 1.82) is 0 Å². The zero-order valence-corrected chi connectivity index (χ0v) is 15.5. The van der Waals surface area contributed by atoms with Crippen LogP contribution in [0.15, 0.2) is 28.1 Å². The molecule has 9 heteroatoms. The molecule has 4 rings (SSSR count). The number of likely N-dealkylation sites (N-methyl/N-ethyl adjacent to an activating group) is 1. The van der Waals surface area contributed by atoms with E-state index in [1.807, 2.05) is 11.9 Å². The zero-order valence-electron chi connectivity index (χ0n) is 14.7. The average Bonchev–Trinajstić information content (AvgIpc) is 3.25. The Balaban J connectivity index is 1.82. The van der Waals surface area contributed by atoms with Crippen LogP contribution in [0.25, 0.3) is 21.7 Å². The number of aromatic nitrogens is 2. The summed E-state index contributed by atoms with van der Waals surface area (Å²) in [7, 11) is 1.91. The van der Waals surface area contributed by atoms with E-state index in [0.29, 0.717) is 34.8 Å². The van der Waals surface area contributed by atoms with Crippen molar-refractivity contribution in [2.45, 2.75) is 31.5 Å². The number of fused-ring (bicyclic) bond motifs is 1. The second-order valence-electron chi connectivity index (χ2n) is 6.63. The fraction of sp³-hybridized carbons (Fsp3) is 0.444. The topological polar surface area (TPSA) is 54.2 Å². The van der Waals surface area contributed by atoms with Gasteiger partial charge in [-0.3, -0.25) is 0 Å². The zero-order chi connectivity index (χ0) is 19.0. The number of benzene rings is 1. The van der Waals surface area contributed by atoms with Crippen LogP contribution in [0.2, 0.25) is 0 Å². The summed E-state index contributed by atoms with van der Waals surface area (Å²) in [6.07, 6.45) is 0.236. The van der Waals surface area contributed by atoms with Crippen LogP contribution in [-0.2, 0) is 6.18 Å². The molecule has 2 aromatic heterocycles. The number of hydrogen-bond donors (Lipinski definition) is 1. The predicted molar refractivity (Wildman–Crippen MR) is 99.0 cm³/mol. The van der Waals surface area contributed by atoms with Gasteiger partial charge in [0.25, 0.3) is 6.01 Å². The quantitative estimate of drug-likeness (QED) is 0.704. The third-order valence-electron chi connectivity index (χ3n) is 4.82. The van der Waals surface area contributed by atoms with Gasteiger partial charge in [-0.15, -0.1) is 11.3 Å². The Bertz CT molecular complexity index is 923. The molecule has 1 saturated heterocycles. The van der Waals surface area contributed by atoms with Crippen LogP contribution < -0.4 is 10.2 Å². The molecule has 5 nitrogen and oxygen atoms in total. The lowest BCUT2D eigenvalue weighted by Crippen LogP contribution is -2.38. The highest BCUT2D eigenvalue weighted by Gasteiger charge is 2.33. The van der Waals surface area contributed by atoms with Gasteiger partial charge in [0, 0.05) is 30.7 Å². The Kier molecular flexibility index (Phi) is 4.81. The minimum atomic E-state index is -4.46. The molecule has 27 heavy (non-hydrogen) atoms. The first-order valence-corrected chi connectivity index (χ1v) is 9.67. The summed E-state index contributed by atoms with van der Waals surface area (Å²) in [5.41, 5.74) is 0.131. The van der Waals surface area contributed by atoms with Gasteiger partial charge in [-0.05, 0) is 32.0 Å². The van der Waals surface area contributed by atoms with Crippen LogP contribution in [0.5, 0.6) is 0 Å². The summed E-state index contributed by atoms with van der Waals surface area (Å²) in [6, 6.07) is 2.80. The lowest BCUT2D eigenvalue weighted by molar-refractivity contribution is -0.137. The van der Waals surface area contributed by atoms with Crippen LogP contribution in [0.4, 0.5) is 19.2 Å². The smallest absolute Gasteiger partial charge is 0.416 e. The molecule has 0 amide bonds. The van der Waals surface area contributed by atoms with E-state index in [4.69, 9.17) is 4.42 Å². The summed E-state index contributed by atoms with van der Waals surface area (Å²) in [5.74, 6) is 0. The van der Waals surface area contributed by atoms with E-state index in [2.05, 4.69) is 15.3 Å². The number of hydrogen-bond acceptors (Lipinski definition) is 6. The molecular weight excluding hydrogens is 377 g/mol. The molecule has 1 aliphatic rings. The number of nitrogens with one attached hydrogen (secondary N) is 1. The van der Waals surface area contributed by atoms with Crippen molar-refractivity contribution in [2.24, 2.45) is 0 Å². The van der Waals surface area contributed by atoms with Gasteiger partial charge in [0.1, 0.15) is 10.5 Å². The number of anilines is 1. The Hall–Kier alpha value is -2.13. The summed E-state index contributed by atoms with van der Waals surface area (Å²) >= 11 is 1.27. The second-order valence-corrected chi connectivity index (χ2v) is 7.53. The summed E-state index contributed by atoms with van der Waals surface area (Å²) in [4.78, 5) is 10.6. The molecule has 144 valence electrons. The van der Waals surface area contributed by atoms with Gasteiger partial charge in [-0.2, -0.15) is 18.2 Å². The molecule has 1 atom stereocenters. The molecule has 1 fully saturated rings. The van der Waals surface area contributed by atoms with Crippen molar-refractivity contribution in [3.8, 4) is 10.6 Å². The molecule has 3 heterocycles. The largest absolute Gasteiger partial charge is 0.423 e. The van der Waals surface area contributed by atoms with E-state index >= 15 is 0 Å². The first-order chi connectivity index (χ1) is 13.0. The van der Waals surface area contributed by atoms with Gasteiger partial charge >= 0.3 is 6.18 Å². The molecule has 1 aromatic carbocycles. The minimum absolute atomic E-state index is 0.204. The van der Waals surface area contributed by atoms with Gasteiger partial charge in [0.2, 0.25) is 0 Å². The van der Waals surface area contributed by atoms with E-state index in [1.54, 1.807) is 11.6 Å². The maximum atomic E-state index is 13.4. The predicted octanol–water partition coefficient (Wildman–Crippen LogP) is 4.55. The molecule has 0 bridgehead atoms. The van der Waals surface area contributed by atoms with E-state index in [9.17, 15) is 13.2 Å². The number of halogens is 3. The number of rotatable bonds is 3. The summed E-state index contributed by atoms with van der Waals surface area (Å²) in [5, 5.41) is 5.48. The highest BCUT2D eigenvalue weighted by atomic mass is 32.1. The van der Waals surface area contributed by atoms with Crippen LogP contribution in [0.1, 0.15) is 24.8 Å². The molecule has 0 saturated carbocycles. The van der Waals surface area contributed by atoms with Crippen molar-refractivity contribution in [3.05, 3.63) is 29.3 Å². The fourth-order valence-electron chi connectivity index (χ4n) is 3.39. The summed E-state index contributed by atoms with van der Waals surface area (Å²) in [6.45, 7) is 1.48. The van der Waals surface area contributed by atoms with Crippen molar-refractivity contribution < 1.29 is 17.6 Å². The number of oxazole rings is 1. The highest BCUT2D eigenvalue weighted by molar-refractivity contribution is 7.13. The molecule has 0 radical (unpaired) electrons. The van der Waals surface area contributed by atoms with Crippen molar-refractivity contribution in [1.82, 2.24) is 15.3 Å². The first-order valence-electron chi connectivity index (χ1n) is 8.79. The SMILES string of the molecule is CNC1CCCCN(c2nc3cc(C(F)(F)F)cc(-c4nccs4)c3o2)C1. The first kappa shape index (κ1) is 18.2. The van der Waals surface area contributed by atoms with Crippen molar-refractivity contribution >= 4 is 28.5 Å². The Labute approximate surface area is 158 Å². The van der Waals surface area contributed by atoms with E-state index in [1.165, 1.54) is 11.3 Å². The molecule has 1 aliphatic heterocycles. The van der Waals surface area contributed by atoms with Gasteiger partial charge in [0.15, 0.2) is 5.58 Å². The third-order valence-corrected chi connectivity index (χ3v) is 5.63. The van der Waals surface area contributed by atoms with Crippen LogP contribution in [0, 0.1) is 0 Å². The monoisotopic (exact) mass is 396 g/mol. The summed E-state index contributed by atoms with van der Waals surface area (Å²) < 4.78 is 46.0. The second kappa shape index (κ2) is 7.12. The Morgan fingerprint density at radius 1 is 1.30 bits per heavy atom. The lowest BCUT2D eigenvalue weighted by Gasteiger charge is -2.22. The van der Waals surface area contributed by atoms with Crippen LogP contribution >= 0.6 is 11.3 Å². The standard InChI is InChI=1S/C18H19F3N4OS/c1-22-12-4-2-3-6-25(10-12)17-24-14-9-11(18(19,20)21)8-13(15(14)26-17)16-23-5-7-27-16/h5,7-9,12,22H,2-4,6,10H2,1H3. The normalized spacial score (nSPS) is 18.8. The number of thiazole rings is 1. The van der Waals surface area contributed by atoms with Gasteiger partial charge in [-0.1, -0.05) is 6.42 Å². The highest BCUT2D eigenvalue weighted by Crippen LogP contribution is 2.39. The Morgan fingerprint density at radius 2 is 2.15 bits per heavy atom. The molecular formula is C18H19F3N4OS. The van der Waals surface area contributed by atoms with Gasteiger partial charge in [-0.25, -0.2) is 4.98 Å². The van der Waals surface area contributed by atoms with Crippen LogP contribution in [0.3, 0.4) is 0 Å². The molecule has 0 spiro atoms. The number of alkyl halides is 3. The van der Waals surface area contributed by atoms with Gasteiger partial charge < -0.3 is 14.6 Å². The minimum Gasteiger partial charge on any atom is -0.423 e. The van der Waals surface area contributed by atoms with Crippen LogP contribution in [-0.4, -0.2) is 36.1 Å². The Morgan fingerprint density at radius 3 is 2.85 bits per heavy atom. The van der Waals surface area contributed by atoms with Crippen molar-refractivity contribution in [2.75, 3.05) is 25.0 Å². The van der Waals surface area contributed by atoms with Crippen molar-refractivity contribution in [3.63, 3.8) is 0 Å². The fourth-order valence-corrected chi connectivity index (χ4v) is 4.04. The van der Waals surface area contributed by atoms with E-state index < -0.39 is 11.7 Å². The lowest BCUT2D eigenvalue weighted by atomic mass is 10.1. The maximum absolute atomic E-state index is 13.4. The maximum Gasteiger partial charge on any atom is 0.416 e. The molecule has 3 aromatic rings. The molecule has 0 aliphatic carbocycles. The molecule has 1 N–H and O–H groups in total. The van der Waals surface area contributed by atoms with E-state index in [-0.39, 0.29) is 5.52 Å². The van der Waals surface area contributed by atoms with Gasteiger partial charge in [0.05, 0.1) is 11.1 Å². The average molecular weight is 396 g/mol.